The van der Waals surface area contributed by atoms with Crippen LogP contribution in [0.1, 0.15) is 74.7 Å². The van der Waals surface area contributed by atoms with Crippen LogP contribution in [-0.4, -0.2) is 53.0 Å². The van der Waals surface area contributed by atoms with E-state index in [1.807, 2.05) is 4.90 Å². The first-order valence-corrected chi connectivity index (χ1v) is 14.7. The van der Waals surface area contributed by atoms with Crippen molar-refractivity contribution in [2.24, 2.45) is 11.8 Å². The van der Waals surface area contributed by atoms with Crippen LogP contribution in [0.2, 0.25) is 0 Å². The number of anilines is 2. The van der Waals surface area contributed by atoms with Crippen LogP contribution in [-0.2, 0) is 28.4 Å². The molecule has 0 aliphatic carbocycles. The number of Topliss-reactive ketones (excluding diaryl/α,β-unsaturated/α-hetero) is 1. The Labute approximate surface area is 246 Å². The lowest BCUT2D eigenvalue weighted by Crippen LogP contribution is -2.40. The zero-order valence-electron chi connectivity index (χ0n) is 23.8. The van der Waals surface area contributed by atoms with Gasteiger partial charge in [0.2, 0.25) is 5.82 Å². The summed E-state index contributed by atoms with van der Waals surface area (Å²) in [5, 5.41) is 8.85. The smallest absolute Gasteiger partial charge is 0.451 e. The van der Waals surface area contributed by atoms with E-state index in [4.69, 9.17) is 5.11 Å². The Morgan fingerprint density at radius 2 is 1.49 bits per heavy atom. The molecule has 3 heterocycles. The Bertz CT molecular complexity index is 1240. The Balaban J connectivity index is 1.36. The molecular formula is C30H36F6N4O3. The molecule has 0 spiro atoms. The van der Waals surface area contributed by atoms with E-state index in [0.717, 1.165) is 31.4 Å². The average molecular weight is 615 g/mol. The number of nitrogens with zero attached hydrogens (tertiary/aromatic N) is 4. The highest BCUT2D eigenvalue weighted by Gasteiger charge is 2.37. The molecule has 2 fully saturated rings. The number of ketones is 1. The number of halogens is 6. The lowest BCUT2D eigenvalue weighted by molar-refractivity contribution is -0.145. The van der Waals surface area contributed by atoms with Crippen LogP contribution in [0.5, 0.6) is 0 Å². The number of aromatic nitrogens is 2. The first kappa shape index (κ1) is 32.5. The van der Waals surface area contributed by atoms with Crippen LogP contribution < -0.4 is 9.80 Å². The fourth-order valence-corrected chi connectivity index (χ4v) is 5.84. The minimum atomic E-state index is -4.75. The molecule has 1 atom stereocenters. The minimum Gasteiger partial charge on any atom is -0.481 e. The zero-order valence-corrected chi connectivity index (χ0v) is 23.8. The van der Waals surface area contributed by atoms with Crippen molar-refractivity contribution in [3.05, 3.63) is 47.3 Å². The molecule has 2 aromatic rings. The first-order valence-electron chi connectivity index (χ1n) is 14.7. The summed E-state index contributed by atoms with van der Waals surface area (Å²) in [6.45, 7) is 1.70. The van der Waals surface area contributed by atoms with E-state index in [2.05, 4.69) is 9.97 Å². The van der Waals surface area contributed by atoms with Crippen molar-refractivity contribution in [3.8, 4) is 0 Å². The van der Waals surface area contributed by atoms with Crippen molar-refractivity contribution in [1.82, 2.24) is 9.97 Å². The summed E-state index contributed by atoms with van der Waals surface area (Å²) in [5.74, 6) is -1.84. The van der Waals surface area contributed by atoms with Crippen molar-refractivity contribution in [2.75, 3.05) is 36.0 Å². The van der Waals surface area contributed by atoms with E-state index in [1.165, 1.54) is 12.1 Å². The molecule has 0 saturated carbocycles. The summed E-state index contributed by atoms with van der Waals surface area (Å²) >= 11 is 0. The second kappa shape index (κ2) is 13.9. The number of alkyl halides is 6. The highest BCUT2D eigenvalue weighted by atomic mass is 19.4. The third-order valence-corrected chi connectivity index (χ3v) is 8.26. The predicted octanol–water partition coefficient (Wildman–Crippen LogP) is 6.79. The molecule has 1 N–H and O–H groups in total. The molecule has 1 aromatic heterocycles. The van der Waals surface area contributed by atoms with Gasteiger partial charge in [-0.05, 0) is 75.0 Å². The van der Waals surface area contributed by atoms with Crippen LogP contribution in [0.25, 0.3) is 0 Å². The maximum absolute atomic E-state index is 13.8. The molecule has 0 unspecified atom stereocenters. The second-order valence-electron chi connectivity index (χ2n) is 11.4. The number of carbonyl (C=O) groups is 2. The molecule has 0 bridgehead atoms. The lowest BCUT2D eigenvalue weighted by Gasteiger charge is -2.35. The molecule has 7 nitrogen and oxygen atoms in total. The van der Waals surface area contributed by atoms with E-state index in [9.17, 15) is 35.9 Å². The first-order chi connectivity index (χ1) is 20.3. The van der Waals surface area contributed by atoms with Gasteiger partial charge in [0.25, 0.3) is 0 Å². The molecule has 0 radical (unpaired) electrons. The maximum Gasteiger partial charge on any atom is 0.451 e. The van der Waals surface area contributed by atoms with Crippen molar-refractivity contribution >= 4 is 23.4 Å². The molecule has 4 rings (SSSR count). The molecule has 0 amide bonds. The number of hydrogen-bond donors (Lipinski definition) is 1. The van der Waals surface area contributed by atoms with Crippen LogP contribution >= 0.6 is 0 Å². The summed E-state index contributed by atoms with van der Waals surface area (Å²) in [7, 11) is 0. The fraction of sp³-hybridized carbons (Fsp3) is 0.600. The van der Waals surface area contributed by atoms with Gasteiger partial charge in [0.05, 0.1) is 5.56 Å². The van der Waals surface area contributed by atoms with Crippen molar-refractivity contribution < 1.29 is 41.0 Å². The molecule has 13 heteroatoms. The summed E-state index contributed by atoms with van der Waals surface area (Å²) in [5.41, 5.74) is -0.0304. The van der Waals surface area contributed by atoms with E-state index in [0.29, 0.717) is 63.2 Å². The molecule has 2 aliphatic rings. The number of hydrogen-bond acceptors (Lipinski definition) is 6. The van der Waals surface area contributed by atoms with Crippen LogP contribution in [0.15, 0.2) is 30.3 Å². The topological polar surface area (TPSA) is 86.6 Å². The Morgan fingerprint density at radius 3 is 2.09 bits per heavy atom. The number of aryl methyl sites for hydroxylation is 1. The minimum absolute atomic E-state index is 0.0214. The van der Waals surface area contributed by atoms with Gasteiger partial charge in [-0.1, -0.05) is 12.1 Å². The highest BCUT2D eigenvalue weighted by Crippen LogP contribution is 2.34. The average Bonchev–Trinajstić information content (AvgIpc) is 2.96. The van der Waals surface area contributed by atoms with E-state index in [1.54, 1.807) is 11.0 Å². The number of piperidine rings is 2. The van der Waals surface area contributed by atoms with Gasteiger partial charge >= 0.3 is 18.3 Å². The summed E-state index contributed by atoms with van der Waals surface area (Å²) in [6.07, 6.45) is -3.92. The summed E-state index contributed by atoms with van der Waals surface area (Å²) in [4.78, 5) is 35.0. The molecule has 236 valence electrons. The quantitative estimate of drug-likeness (QED) is 0.279. The van der Waals surface area contributed by atoms with Gasteiger partial charge in [-0.3, -0.25) is 9.59 Å². The number of carbonyl (C=O) groups excluding carboxylic acids is 1. The number of benzene rings is 1. The van der Waals surface area contributed by atoms with Gasteiger partial charge in [-0.15, -0.1) is 0 Å². The van der Waals surface area contributed by atoms with Gasteiger partial charge < -0.3 is 14.9 Å². The number of aliphatic carboxylic acids is 1. The monoisotopic (exact) mass is 614 g/mol. The van der Waals surface area contributed by atoms with Gasteiger partial charge in [0, 0.05) is 51.0 Å². The van der Waals surface area contributed by atoms with Crippen molar-refractivity contribution in [1.29, 1.82) is 0 Å². The largest absolute Gasteiger partial charge is 0.481 e. The van der Waals surface area contributed by atoms with Crippen LogP contribution in [0.4, 0.5) is 38.0 Å². The normalized spacial score (nSPS) is 18.6. The van der Waals surface area contributed by atoms with Gasteiger partial charge in [-0.25, -0.2) is 9.97 Å². The number of carboxylic acids is 1. The summed E-state index contributed by atoms with van der Waals surface area (Å²) in [6, 6.07) is 6.40. The Kier molecular flexibility index (Phi) is 10.5. The third kappa shape index (κ3) is 9.30. The maximum atomic E-state index is 13.8. The number of rotatable bonds is 11. The van der Waals surface area contributed by atoms with E-state index in [-0.39, 0.29) is 42.7 Å². The van der Waals surface area contributed by atoms with Gasteiger partial charge in [0.15, 0.2) is 0 Å². The summed E-state index contributed by atoms with van der Waals surface area (Å²) < 4.78 is 79.7. The fourth-order valence-electron chi connectivity index (χ4n) is 5.84. The molecule has 2 aliphatic heterocycles. The molecule has 2 saturated heterocycles. The Hall–Kier alpha value is -3.38. The van der Waals surface area contributed by atoms with Crippen molar-refractivity contribution in [3.63, 3.8) is 0 Å². The van der Waals surface area contributed by atoms with Crippen molar-refractivity contribution in [2.45, 2.75) is 76.6 Å². The second-order valence-corrected chi connectivity index (χ2v) is 11.4. The highest BCUT2D eigenvalue weighted by molar-refractivity contribution is 5.81. The lowest BCUT2D eigenvalue weighted by atomic mass is 9.90. The third-order valence-electron chi connectivity index (χ3n) is 8.26. The van der Waals surface area contributed by atoms with Gasteiger partial charge in [0.1, 0.15) is 17.4 Å². The molecular weight excluding hydrogens is 578 g/mol. The Morgan fingerprint density at radius 1 is 0.837 bits per heavy atom. The zero-order chi connectivity index (χ0) is 31.2. The van der Waals surface area contributed by atoms with E-state index >= 15 is 0 Å². The molecule has 1 aromatic carbocycles. The predicted molar refractivity (Wildman–Crippen MR) is 148 cm³/mol. The number of carboxylic acid groups (broad SMARTS) is 1. The standard InChI is InChI=1S/C30H36F6N4O3/c31-29(32,33)23-11-9-20(10-12-23)4-1-7-24(41)22-6-3-15-40(19-22)26-18-25(37-28(38-26)30(34,35)36)39-16-13-21(14-17-39)5-2-8-27(42)43/h9-12,18,21-22H,1-8,13-17,19H2,(H,42,43)/t22-/m1/s1. The van der Waals surface area contributed by atoms with Gasteiger partial charge in [-0.2, -0.15) is 26.3 Å². The molecule has 43 heavy (non-hydrogen) atoms. The van der Waals surface area contributed by atoms with Crippen LogP contribution in [0.3, 0.4) is 0 Å². The van der Waals surface area contributed by atoms with E-state index < -0.39 is 29.7 Å². The van der Waals surface area contributed by atoms with Crippen LogP contribution in [0, 0.1) is 11.8 Å². The SMILES string of the molecule is O=C(O)CCCC1CCN(c2cc(N3CCC[C@@H](C(=O)CCCc4ccc(C(F)(F)F)cc4)C3)nc(C(F)(F)F)n2)CC1.